The number of nitrogens with one attached hydrogen (secondary N) is 1. The Morgan fingerprint density at radius 1 is 1.29 bits per heavy atom. The average Bonchev–Trinajstić information content (AvgIpc) is 2.34. The molecule has 0 amide bonds. The molecule has 0 aliphatic rings. The van der Waals surface area contributed by atoms with Crippen molar-refractivity contribution in [2.75, 3.05) is 26.8 Å². The zero-order valence-corrected chi connectivity index (χ0v) is 10.5. The fraction of sp³-hybridized carbons (Fsp3) is 0.538. The number of hydrogen-bond acceptors (Lipinski definition) is 3. The number of hydrogen-bond donors (Lipinski definition) is 1. The number of benzene rings is 1. The second-order valence-corrected chi connectivity index (χ2v) is 3.77. The first-order valence-corrected chi connectivity index (χ1v) is 5.88. The van der Waals surface area contributed by atoms with E-state index in [1.165, 1.54) is 13.2 Å². The Morgan fingerprint density at radius 3 is 2.76 bits per heavy atom. The maximum atomic E-state index is 13.3. The second-order valence-electron chi connectivity index (χ2n) is 3.77. The Morgan fingerprint density at radius 2 is 2.12 bits per heavy atom. The average molecular weight is 241 g/mol. The van der Waals surface area contributed by atoms with Crippen molar-refractivity contribution >= 4 is 0 Å². The molecule has 0 aromatic heterocycles. The summed E-state index contributed by atoms with van der Waals surface area (Å²) in [5, 5.41) is 3.23. The highest BCUT2D eigenvalue weighted by Gasteiger charge is 2.03. The predicted octanol–water partition coefficient (Wildman–Crippen LogP) is 2.35. The van der Waals surface area contributed by atoms with Crippen LogP contribution in [0, 0.1) is 5.82 Å². The molecule has 1 rings (SSSR count). The van der Waals surface area contributed by atoms with Crippen molar-refractivity contribution in [3.05, 3.63) is 29.6 Å². The topological polar surface area (TPSA) is 30.5 Å². The lowest BCUT2D eigenvalue weighted by atomic mass is 10.2. The Kier molecular flexibility index (Phi) is 6.58. The summed E-state index contributed by atoms with van der Waals surface area (Å²) in [7, 11) is 1.45. The van der Waals surface area contributed by atoms with Gasteiger partial charge in [0.1, 0.15) is 0 Å². The van der Waals surface area contributed by atoms with E-state index in [0.29, 0.717) is 13.2 Å². The molecule has 0 saturated heterocycles. The quantitative estimate of drug-likeness (QED) is 0.709. The molecule has 0 fully saturated rings. The van der Waals surface area contributed by atoms with E-state index in [9.17, 15) is 4.39 Å². The standard InChI is InChI=1S/C13H20FNO2/c1-3-6-15-7-8-17-10-11-4-5-13(16-2)12(14)9-11/h4-5,9,15H,3,6-8,10H2,1-2H3. The molecule has 0 bridgehead atoms. The molecule has 0 heterocycles. The van der Waals surface area contributed by atoms with Crippen LogP contribution in [0.25, 0.3) is 0 Å². The lowest BCUT2D eigenvalue weighted by Crippen LogP contribution is -2.20. The first-order chi connectivity index (χ1) is 8.27. The Bertz CT molecular complexity index is 331. The summed E-state index contributed by atoms with van der Waals surface area (Å²) in [6, 6.07) is 4.86. The van der Waals surface area contributed by atoms with Crippen LogP contribution < -0.4 is 10.1 Å². The molecule has 0 aliphatic heterocycles. The van der Waals surface area contributed by atoms with E-state index in [-0.39, 0.29) is 11.6 Å². The minimum absolute atomic E-state index is 0.262. The third-order valence-electron chi connectivity index (χ3n) is 2.33. The molecule has 1 aromatic carbocycles. The van der Waals surface area contributed by atoms with Gasteiger partial charge in [-0.1, -0.05) is 13.0 Å². The lowest BCUT2D eigenvalue weighted by Gasteiger charge is -2.07. The van der Waals surface area contributed by atoms with Crippen molar-refractivity contribution in [2.24, 2.45) is 0 Å². The van der Waals surface area contributed by atoms with Crippen molar-refractivity contribution in [1.82, 2.24) is 5.32 Å². The number of ether oxygens (including phenoxy) is 2. The fourth-order valence-corrected chi connectivity index (χ4v) is 1.44. The summed E-state index contributed by atoms with van der Waals surface area (Å²) in [6.07, 6.45) is 1.11. The summed E-state index contributed by atoms with van der Waals surface area (Å²) < 4.78 is 23.6. The summed E-state index contributed by atoms with van der Waals surface area (Å²) in [6.45, 7) is 5.00. The van der Waals surface area contributed by atoms with Gasteiger partial charge in [0, 0.05) is 6.54 Å². The molecule has 0 unspecified atom stereocenters. The molecule has 96 valence electrons. The molecule has 1 aromatic rings. The second kappa shape index (κ2) is 8.03. The van der Waals surface area contributed by atoms with E-state index in [1.54, 1.807) is 12.1 Å². The van der Waals surface area contributed by atoms with E-state index < -0.39 is 0 Å². The molecular formula is C13H20FNO2. The van der Waals surface area contributed by atoms with Crippen LogP contribution in [-0.4, -0.2) is 26.8 Å². The van der Waals surface area contributed by atoms with Crippen LogP contribution >= 0.6 is 0 Å². The van der Waals surface area contributed by atoms with E-state index in [2.05, 4.69) is 12.2 Å². The van der Waals surface area contributed by atoms with Crippen molar-refractivity contribution < 1.29 is 13.9 Å². The van der Waals surface area contributed by atoms with Gasteiger partial charge in [-0.25, -0.2) is 4.39 Å². The molecule has 0 atom stereocenters. The van der Waals surface area contributed by atoms with Gasteiger partial charge in [-0.3, -0.25) is 0 Å². The summed E-state index contributed by atoms with van der Waals surface area (Å²) in [4.78, 5) is 0. The number of methoxy groups -OCH3 is 1. The van der Waals surface area contributed by atoms with Crippen LogP contribution in [0.4, 0.5) is 4.39 Å². The Labute approximate surface area is 102 Å². The van der Waals surface area contributed by atoms with Crippen molar-refractivity contribution in [3.63, 3.8) is 0 Å². The molecule has 3 nitrogen and oxygen atoms in total. The van der Waals surface area contributed by atoms with Gasteiger partial charge in [-0.15, -0.1) is 0 Å². The van der Waals surface area contributed by atoms with Gasteiger partial charge in [0.15, 0.2) is 11.6 Å². The molecule has 4 heteroatoms. The zero-order chi connectivity index (χ0) is 12.5. The molecule has 0 radical (unpaired) electrons. The van der Waals surface area contributed by atoms with Gasteiger partial charge in [-0.2, -0.15) is 0 Å². The third-order valence-corrected chi connectivity index (χ3v) is 2.33. The van der Waals surface area contributed by atoms with Gasteiger partial charge >= 0.3 is 0 Å². The molecule has 1 N–H and O–H groups in total. The van der Waals surface area contributed by atoms with Crippen LogP contribution in [-0.2, 0) is 11.3 Å². The first-order valence-electron chi connectivity index (χ1n) is 5.88. The largest absolute Gasteiger partial charge is 0.494 e. The van der Waals surface area contributed by atoms with Crippen LogP contribution in [0.1, 0.15) is 18.9 Å². The highest BCUT2D eigenvalue weighted by atomic mass is 19.1. The Hall–Kier alpha value is -1.13. The smallest absolute Gasteiger partial charge is 0.165 e. The minimum Gasteiger partial charge on any atom is -0.494 e. The van der Waals surface area contributed by atoms with Crippen LogP contribution in [0.3, 0.4) is 0 Å². The Balaban J connectivity index is 2.25. The summed E-state index contributed by atoms with van der Waals surface area (Å²) >= 11 is 0. The monoisotopic (exact) mass is 241 g/mol. The minimum atomic E-state index is -0.349. The number of halogens is 1. The van der Waals surface area contributed by atoms with Crippen LogP contribution in [0.15, 0.2) is 18.2 Å². The maximum absolute atomic E-state index is 13.3. The SMILES string of the molecule is CCCNCCOCc1ccc(OC)c(F)c1. The van der Waals surface area contributed by atoms with E-state index in [4.69, 9.17) is 9.47 Å². The van der Waals surface area contributed by atoms with Crippen LogP contribution in [0.2, 0.25) is 0 Å². The third kappa shape index (κ3) is 5.15. The van der Waals surface area contributed by atoms with Crippen molar-refractivity contribution in [3.8, 4) is 5.75 Å². The molecular weight excluding hydrogens is 221 g/mol. The fourth-order valence-electron chi connectivity index (χ4n) is 1.44. The maximum Gasteiger partial charge on any atom is 0.165 e. The lowest BCUT2D eigenvalue weighted by molar-refractivity contribution is 0.122. The van der Waals surface area contributed by atoms with Gasteiger partial charge < -0.3 is 14.8 Å². The van der Waals surface area contributed by atoms with Crippen molar-refractivity contribution in [1.29, 1.82) is 0 Å². The van der Waals surface area contributed by atoms with Gasteiger partial charge in [-0.05, 0) is 30.7 Å². The molecule has 17 heavy (non-hydrogen) atoms. The molecule has 0 saturated carbocycles. The zero-order valence-electron chi connectivity index (χ0n) is 10.5. The van der Waals surface area contributed by atoms with E-state index in [1.807, 2.05) is 0 Å². The van der Waals surface area contributed by atoms with Crippen molar-refractivity contribution in [2.45, 2.75) is 20.0 Å². The molecule has 0 spiro atoms. The summed E-state index contributed by atoms with van der Waals surface area (Å²) in [5.41, 5.74) is 0.818. The van der Waals surface area contributed by atoms with Gasteiger partial charge in [0.2, 0.25) is 0 Å². The first kappa shape index (κ1) is 13.9. The van der Waals surface area contributed by atoms with Gasteiger partial charge in [0.25, 0.3) is 0 Å². The predicted molar refractivity (Wildman–Crippen MR) is 65.8 cm³/mol. The van der Waals surface area contributed by atoms with Crippen LogP contribution in [0.5, 0.6) is 5.75 Å². The number of rotatable bonds is 8. The van der Waals surface area contributed by atoms with E-state index in [0.717, 1.165) is 25.1 Å². The van der Waals surface area contributed by atoms with Gasteiger partial charge in [0.05, 0.1) is 20.3 Å². The summed E-state index contributed by atoms with van der Waals surface area (Å²) in [5.74, 6) is -0.0870. The highest BCUT2D eigenvalue weighted by Crippen LogP contribution is 2.17. The molecule has 0 aliphatic carbocycles. The van der Waals surface area contributed by atoms with E-state index >= 15 is 0 Å². The highest BCUT2D eigenvalue weighted by molar-refractivity contribution is 5.28. The normalized spacial score (nSPS) is 10.5.